The molecule has 4 nitrogen and oxygen atoms in total. The third-order valence-electron chi connectivity index (χ3n) is 3.36. The molecule has 5 heteroatoms. The second-order valence-electron chi connectivity index (χ2n) is 4.72. The number of aliphatic hydroxyl groups excluding tert-OH is 1. The SMILES string of the molecule is Cn1nc(CC(O)c2ccc(Cl)nc2)c2ccccc21. The average molecular weight is 288 g/mol. The molecule has 0 aliphatic rings. The quantitative estimate of drug-likeness (QED) is 0.754. The van der Waals surface area contributed by atoms with Crippen LogP contribution in [0.15, 0.2) is 42.6 Å². The Balaban J connectivity index is 1.91. The van der Waals surface area contributed by atoms with Crippen molar-refractivity contribution in [3.8, 4) is 0 Å². The monoisotopic (exact) mass is 287 g/mol. The molecule has 0 aliphatic carbocycles. The van der Waals surface area contributed by atoms with E-state index in [1.54, 1.807) is 18.3 Å². The summed E-state index contributed by atoms with van der Waals surface area (Å²) in [6.45, 7) is 0. The third kappa shape index (κ3) is 2.40. The molecular weight excluding hydrogens is 274 g/mol. The predicted octanol–water partition coefficient (Wildman–Crippen LogP) is 2.90. The maximum atomic E-state index is 10.3. The van der Waals surface area contributed by atoms with Crippen LogP contribution in [0.25, 0.3) is 10.9 Å². The molecule has 3 rings (SSSR count). The number of aliphatic hydroxyl groups is 1. The predicted molar refractivity (Wildman–Crippen MR) is 78.6 cm³/mol. The number of nitrogens with zero attached hydrogens (tertiary/aromatic N) is 3. The lowest BCUT2D eigenvalue weighted by Gasteiger charge is -2.09. The largest absolute Gasteiger partial charge is 0.388 e. The summed E-state index contributed by atoms with van der Waals surface area (Å²) in [6.07, 6.45) is 1.40. The van der Waals surface area contributed by atoms with Gasteiger partial charge in [-0.2, -0.15) is 5.10 Å². The van der Waals surface area contributed by atoms with Crippen molar-refractivity contribution in [1.29, 1.82) is 0 Å². The Morgan fingerprint density at radius 2 is 2.05 bits per heavy atom. The number of hydrogen-bond acceptors (Lipinski definition) is 3. The summed E-state index contributed by atoms with van der Waals surface area (Å²) in [4.78, 5) is 3.99. The minimum atomic E-state index is -0.641. The van der Waals surface area contributed by atoms with Crippen molar-refractivity contribution in [3.63, 3.8) is 0 Å². The fourth-order valence-electron chi connectivity index (χ4n) is 2.32. The Labute approximate surface area is 121 Å². The molecule has 1 unspecified atom stereocenters. The summed E-state index contributed by atoms with van der Waals surface area (Å²) in [5.41, 5.74) is 2.68. The minimum absolute atomic E-state index is 0.421. The zero-order chi connectivity index (χ0) is 14.1. The lowest BCUT2D eigenvalue weighted by Crippen LogP contribution is -2.03. The van der Waals surface area contributed by atoms with E-state index in [-0.39, 0.29) is 0 Å². The van der Waals surface area contributed by atoms with Crippen molar-refractivity contribution in [2.45, 2.75) is 12.5 Å². The number of aromatic nitrogens is 3. The molecule has 0 fully saturated rings. The van der Waals surface area contributed by atoms with Crippen LogP contribution < -0.4 is 0 Å². The number of halogens is 1. The Morgan fingerprint density at radius 3 is 2.80 bits per heavy atom. The highest BCUT2D eigenvalue weighted by atomic mass is 35.5. The second-order valence-corrected chi connectivity index (χ2v) is 5.11. The molecule has 0 aliphatic heterocycles. The summed E-state index contributed by atoms with van der Waals surface area (Å²) in [5.74, 6) is 0. The molecule has 1 atom stereocenters. The Morgan fingerprint density at radius 1 is 1.25 bits per heavy atom. The highest BCUT2D eigenvalue weighted by molar-refractivity contribution is 6.29. The van der Waals surface area contributed by atoms with Gasteiger partial charge in [-0.1, -0.05) is 35.9 Å². The smallest absolute Gasteiger partial charge is 0.129 e. The lowest BCUT2D eigenvalue weighted by atomic mass is 10.0. The highest BCUT2D eigenvalue weighted by Crippen LogP contribution is 2.23. The first kappa shape index (κ1) is 13.1. The van der Waals surface area contributed by atoms with Crippen LogP contribution in [0.3, 0.4) is 0 Å². The number of fused-ring (bicyclic) bond motifs is 1. The van der Waals surface area contributed by atoms with Gasteiger partial charge in [0, 0.05) is 25.1 Å². The van der Waals surface area contributed by atoms with E-state index in [1.807, 2.05) is 36.0 Å². The van der Waals surface area contributed by atoms with Crippen LogP contribution in [0.1, 0.15) is 17.4 Å². The second kappa shape index (κ2) is 5.23. The number of benzene rings is 1. The molecule has 2 heterocycles. The van der Waals surface area contributed by atoms with Gasteiger partial charge in [-0.05, 0) is 17.7 Å². The molecule has 0 radical (unpaired) electrons. The van der Waals surface area contributed by atoms with Gasteiger partial charge in [-0.15, -0.1) is 0 Å². The van der Waals surface area contributed by atoms with Crippen molar-refractivity contribution in [3.05, 3.63) is 59.0 Å². The third-order valence-corrected chi connectivity index (χ3v) is 3.58. The number of hydrogen-bond donors (Lipinski definition) is 1. The van der Waals surface area contributed by atoms with Crippen LogP contribution in [0.2, 0.25) is 5.15 Å². The van der Waals surface area contributed by atoms with Gasteiger partial charge < -0.3 is 5.11 Å². The van der Waals surface area contributed by atoms with Gasteiger partial charge in [0.1, 0.15) is 5.15 Å². The van der Waals surface area contributed by atoms with Gasteiger partial charge in [0.15, 0.2) is 0 Å². The van der Waals surface area contributed by atoms with E-state index in [1.165, 1.54) is 0 Å². The minimum Gasteiger partial charge on any atom is -0.388 e. The van der Waals surface area contributed by atoms with Crippen molar-refractivity contribution in [2.75, 3.05) is 0 Å². The van der Waals surface area contributed by atoms with E-state index < -0.39 is 6.10 Å². The fourth-order valence-corrected chi connectivity index (χ4v) is 2.44. The average Bonchev–Trinajstić information content (AvgIpc) is 2.77. The van der Waals surface area contributed by atoms with E-state index >= 15 is 0 Å². The normalized spacial score (nSPS) is 12.8. The van der Waals surface area contributed by atoms with Crippen LogP contribution >= 0.6 is 11.6 Å². The van der Waals surface area contributed by atoms with Crippen molar-refractivity contribution >= 4 is 22.5 Å². The summed E-state index contributed by atoms with van der Waals surface area (Å²) in [6, 6.07) is 11.4. The molecule has 0 saturated carbocycles. The van der Waals surface area contributed by atoms with E-state index in [0.717, 1.165) is 22.2 Å². The van der Waals surface area contributed by atoms with Crippen molar-refractivity contribution < 1.29 is 5.11 Å². The number of rotatable bonds is 3. The standard InChI is InChI=1S/C15H14ClN3O/c1-19-13-5-3-2-4-11(13)12(18-19)8-14(20)10-6-7-15(16)17-9-10/h2-7,9,14,20H,8H2,1H3. The first-order valence-corrected chi connectivity index (χ1v) is 6.73. The van der Waals surface area contributed by atoms with Crippen molar-refractivity contribution in [2.24, 2.45) is 7.05 Å². The topological polar surface area (TPSA) is 50.9 Å². The zero-order valence-electron chi connectivity index (χ0n) is 11.0. The van der Waals surface area contributed by atoms with Gasteiger partial charge >= 0.3 is 0 Å². The van der Waals surface area contributed by atoms with Gasteiger partial charge in [-0.25, -0.2) is 4.98 Å². The van der Waals surface area contributed by atoms with E-state index in [9.17, 15) is 5.11 Å². The molecule has 20 heavy (non-hydrogen) atoms. The summed E-state index contributed by atoms with van der Waals surface area (Å²) in [7, 11) is 1.90. The summed E-state index contributed by atoms with van der Waals surface area (Å²) in [5, 5.41) is 16.3. The molecule has 0 saturated heterocycles. The van der Waals surface area contributed by atoms with Crippen LogP contribution in [-0.4, -0.2) is 19.9 Å². The maximum Gasteiger partial charge on any atom is 0.129 e. The van der Waals surface area contributed by atoms with Crippen molar-refractivity contribution in [1.82, 2.24) is 14.8 Å². The highest BCUT2D eigenvalue weighted by Gasteiger charge is 2.14. The van der Waals surface area contributed by atoms with Gasteiger partial charge in [0.25, 0.3) is 0 Å². The molecule has 1 N–H and O–H groups in total. The van der Waals surface area contributed by atoms with Crippen LogP contribution in [0.5, 0.6) is 0 Å². The molecule has 3 aromatic rings. The summed E-state index contributed by atoms with van der Waals surface area (Å²) >= 11 is 5.75. The number of pyridine rings is 1. The molecule has 1 aromatic carbocycles. The first-order chi connectivity index (χ1) is 9.65. The number of aryl methyl sites for hydroxylation is 1. The van der Waals surface area contributed by atoms with E-state index in [2.05, 4.69) is 10.1 Å². The van der Waals surface area contributed by atoms with Gasteiger partial charge in [-0.3, -0.25) is 4.68 Å². The molecule has 2 aromatic heterocycles. The van der Waals surface area contributed by atoms with E-state index in [4.69, 9.17) is 11.6 Å². The Kier molecular flexibility index (Phi) is 3.42. The van der Waals surface area contributed by atoms with Gasteiger partial charge in [0.05, 0.1) is 17.3 Å². The summed E-state index contributed by atoms with van der Waals surface area (Å²) < 4.78 is 1.83. The molecule has 0 bridgehead atoms. The van der Waals surface area contributed by atoms with Gasteiger partial charge in [0.2, 0.25) is 0 Å². The Hall–Kier alpha value is -1.91. The molecule has 0 spiro atoms. The van der Waals surface area contributed by atoms with Crippen LogP contribution in [0, 0.1) is 0 Å². The van der Waals surface area contributed by atoms with Crippen LogP contribution in [0.4, 0.5) is 0 Å². The maximum absolute atomic E-state index is 10.3. The zero-order valence-corrected chi connectivity index (χ0v) is 11.7. The molecule has 102 valence electrons. The van der Waals surface area contributed by atoms with E-state index in [0.29, 0.717) is 11.6 Å². The fraction of sp³-hybridized carbons (Fsp3) is 0.200. The Bertz CT molecular complexity index is 736. The first-order valence-electron chi connectivity index (χ1n) is 6.35. The van der Waals surface area contributed by atoms with Crippen LogP contribution in [-0.2, 0) is 13.5 Å². The lowest BCUT2D eigenvalue weighted by molar-refractivity contribution is 0.177. The number of para-hydroxylation sites is 1. The molecular formula is C15H14ClN3O. The molecule has 0 amide bonds.